The Morgan fingerprint density at radius 3 is 1.12 bits per heavy atom. The van der Waals surface area contributed by atoms with Gasteiger partial charge in [0.2, 0.25) is 0 Å². The molecule has 6 nitrogen and oxygen atoms in total. The van der Waals surface area contributed by atoms with Gasteiger partial charge >= 0.3 is 348 Å². The summed E-state index contributed by atoms with van der Waals surface area (Å²) in [7, 11) is 0. The Morgan fingerprint density at radius 2 is 0.671 bits per heavy atom. The molecule has 4 aromatic heterocycles. The van der Waals surface area contributed by atoms with Crippen molar-refractivity contribution in [2.24, 2.45) is 0 Å². The molecule has 10 aromatic carbocycles. The van der Waals surface area contributed by atoms with E-state index in [9.17, 15) is 0 Å². The van der Waals surface area contributed by atoms with Crippen LogP contribution in [-0.2, 0) is 10.8 Å². The number of pyridine rings is 4. The summed E-state index contributed by atoms with van der Waals surface area (Å²) < 4.78 is 5.57. The van der Waals surface area contributed by atoms with Crippen molar-refractivity contribution in [1.82, 2.24) is 19.9 Å². The van der Waals surface area contributed by atoms with Crippen molar-refractivity contribution in [3.05, 3.63) is 361 Å². The van der Waals surface area contributed by atoms with Crippen molar-refractivity contribution in [1.29, 1.82) is 0 Å². The number of aromatic nitrogens is 4. The van der Waals surface area contributed by atoms with E-state index in [2.05, 4.69) is 277 Å². The quantitative estimate of drug-likeness (QED) is 0.112. The Morgan fingerprint density at radius 1 is 0.271 bits per heavy atom. The molecule has 400 valence electrons. The van der Waals surface area contributed by atoms with Crippen LogP contribution in [0.15, 0.2) is 316 Å². The zero-order valence-corrected chi connectivity index (χ0v) is 47.8. The van der Waals surface area contributed by atoms with E-state index in [-0.39, 0.29) is 0 Å². The molecular formula is C78H52N6Se. The topological polar surface area (TPSA) is 58.0 Å². The first-order valence-electron chi connectivity index (χ1n) is 28.9. The number of hydrogen-bond donors (Lipinski definition) is 0. The molecule has 3 aliphatic heterocycles. The Bertz CT molecular complexity index is 4740. The number of anilines is 6. The van der Waals surface area contributed by atoms with Gasteiger partial charge in [0.15, 0.2) is 0 Å². The van der Waals surface area contributed by atoms with Crippen LogP contribution in [0.1, 0.15) is 44.5 Å². The number of rotatable bonds is 8. The van der Waals surface area contributed by atoms with Gasteiger partial charge in [0.05, 0.1) is 16.8 Å². The third kappa shape index (κ3) is 7.00. The van der Waals surface area contributed by atoms with Crippen LogP contribution in [-0.4, -0.2) is 32.8 Å². The van der Waals surface area contributed by atoms with Gasteiger partial charge in [0.1, 0.15) is 0 Å². The van der Waals surface area contributed by atoms with E-state index in [1.807, 2.05) is 49.3 Å². The molecule has 14 aromatic rings. The zero-order chi connectivity index (χ0) is 56.1. The molecular weight excluding hydrogens is 1100 g/mol. The molecule has 0 spiro atoms. The fourth-order valence-electron chi connectivity index (χ4n) is 14.7. The van der Waals surface area contributed by atoms with Crippen LogP contribution in [0.3, 0.4) is 0 Å². The summed E-state index contributed by atoms with van der Waals surface area (Å²) >= 11 is -3.23. The van der Waals surface area contributed by atoms with Gasteiger partial charge in [-0.25, -0.2) is 0 Å². The van der Waals surface area contributed by atoms with Crippen LogP contribution in [0.2, 0.25) is 0 Å². The van der Waals surface area contributed by atoms with Crippen molar-refractivity contribution >= 4 is 86.4 Å². The van der Waals surface area contributed by atoms with Crippen molar-refractivity contribution in [2.75, 3.05) is 9.80 Å². The monoisotopic (exact) mass is 1150 g/mol. The fraction of sp³-hybridized carbons (Fsp3) is 0.0256. The predicted molar refractivity (Wildman–Crippen MR) is 348 cm³/mol. The van der Waals surface area contributed by atoms with Crippen LogP contribution in [0.25, 0.3) is 32.7 Å². The summed E-state index contributed by atoms with van der Waals surface area (Å²) in [5.41, 5.74) is 16.8. The van der Waals surface area contributed by atoms with Gasteiger partial charge in [-0.3, -0.25) is 9.97 Å². The molecule has 0 aliphatic carbocycles. The van der Waals surface area contributed by atoms with E-state index in [1.165, 1.54) is 45.7 Å². The molecule has 0 N–H and O–H groups in total. The van der Waals surface area contributed by atoms with Crippen LogP contribution < -0.4 is 27.6 Å². The number of para-hydroxylation sites is 3. The SMILES string of the molecule is c1ccc([Se]2(c3ccccc3)c3ccccc3-c3cc4c(cc32)N(c2ccc3cc5cc(N6c7ccccc7C(c7cccnc7)(c7cccnc7)c7ccccc76)ccc5cc3c2)c2ccccc2C4(c2cccnc2)c2cccnc2)cc1. The van der Waals surface area contributed by atoms with E-state index >= 15 is 0 Å². The Balaban J connectivity index is 0.873. The van der Waals surface area contributed by atoms with Crippen LogP contribution in [0.4, 0.5) is 34.1 Å². The minimum absolute atomic E-state index is 0.661. The van der Waals surface area contributed by atoms with E-state index in [1.54, 1.807) is 0 Å². The molecule has 0 saturated carbocycles. The average Bonchev–Trinajstić information content (AvgIpc) is 1.84. The summed E-state index contributed by atoms with van der Waals surface area (Å²) in [5, 5.41) is 4.65. The minimum atomic E-state index is -3.23. The van der Waals surface area contributed by atoms with Crippen molar-refractivity contribution in [3.8, 4) is 11.1 Å². The van der Waals surface area contributed by atoms with Crippen LogP contribution in [0.5, 0.6) is 0 Å². The molecule has 0 fully saturated rings. The summed E-state index contributed by atoms with van der Waals surface area (Å²) in [4.78, 5) is 24.1. The molecule has 85 heavy (non-hydrogen) atoms. The second-order valence-corrected chi connectivity index (χ2v) is 28.6. The van der Waals surface area contributed by atoms with Gasteiger partial charge < -0.3 is 4.90 Å². The first-order valence-corrected chi connectivity index (χ1v) is 32.3. The average molecular weight is 1150 g/mol. The fourth-order valence-corrected chi connectivity index (χ4v) is 23.6. The molecule has 0 bridgehead atoms. The molecule has 0 amide bonds. The predicted octanol–water partition coefficient (Wildman–Crippen LogP) is 15.3. The Kier molecular flexibility index (Phi) is 11.1. The van der Waals surface area contributed by atoms with E-state index < -0.39 is 23.7 Å². The molecule has 0 saturated heterocycles. The number of benzene rings is 10. The van der Waals surface area contributed by atoms with Crippen molar-refractivity contribution in [3.63, 3.8) is 0 Å². The standard InChI is InChI=1S/C78H52N6Se/c1-3-23-63(24-4-1)85(64-25-5-2-6-26-64)75-34-14-7-27-65(75)66-47-70-74(48-76(66)85)84(73-33-13-10-30-69(73)78(70,59-21-17-41-81-51-59)60-22-18-42-82-52-60)62-38-36-54-43-55-45-61(37-35-53(55)44-56(54)46-62)83-71-31-11-8-28-67(71)77(57-19-15-39-79-49-57,58-20-16-40-80-50-58)68-29-9-12-32-72(68)83/h1-52H. The van der Waals surface area contributed by atoms with E-state index in [0.29, 0.717) is 0 Å². The molecule has 3 aliphatic rings. The Labute approximate surface area is 496 Å². The Hall–Kier alpha value is -10.6. The molecule has 7 heteroatoms. The summed E-state index contributed by atoms with van der Waals surface area (Å²) in [6, 6.07) is 99.6. The maximum absolute atomic E-state index is 4.87. The van der Waals surface area contributed by atoms with Gasteiger partial charge in [0.25, 0.3) is 0 Å². The molecule has 0 unspecified atom stereocenters. The molecule has 0 radical (unpaired) electrons. The number of nitrogens with zero attached hydrogens (tertiary/aromatic N) is 6. The van der Waals surface area contributed by atoms with Gasteiger partial charge in [-0.2, -0.15) is 0 Å². The second-order valence-electron chi connectivity index (χ2n) is 22.2. The second kappa shape index (κ2) is 19.3. The number of fused-ring (bicyclic) bond motifs is 9. The summed E-state index contributed by atoms with van der Waals surface area (Å²) in [6.45, 7) is 0. The molecule has 7 heterocycles. The van der Waals surface area contributed by atoms with Gasteiger partial charge in [-0.05, 0) is 46.5 Å². The third-order valence-corrected chi connectivity index (χ3v) is 26.4. The molecule has 0 atom stereocenters. The summed E-state index contributed by atoms with van der Waals surface area (Å²) in [5.74, 6) is 0. The normalized spacial score (nSPS) is 15.0. The zero-order valence-electron chi connectivity index (χ0n) is 46.1. The van der Waals surface area contributed by atoms with Crippen LogP contribution in [0, 0.1) is 0 Å². The third-order valence-electron chi connectivity index (χ3n) is 18.1. The van der Waals surface area contributed by atoms with Crippen LogP contribution >= 0.6 is 0 Å². The number of hydrogen-bond acceptors (Lipinski definition) is 6. The van der Waals surface area contributed by atoms with Crippen molar-refractivity contribution < 1.29 is 0 Å². The van der Waals surface area contributed by atoms with E-state index in [0.717, 1.165) is 83.5 Å². The first kappa shape index (κ1) is 49.1. The maximum atomic E-state index is 4.87. The van der Waals surface area contributed by atoms with E-state index in [4.69, 9.17) is 19.9 Å². The van der Waals surface area contributed by atoms with Gasteiger partial charge in [-0.15, -0.1) is 0 Å². The van der Waals surface area contributed by atoms with Gasteiger partial charge in [-0.1, -0.05) is 48.5 Å². The van der Waals surface area contributed by atoms with Gasteiger partial charge in [0, 0.05) is 24.8 Å². The summed E-state index contributed by atoms with van der Waals surface area (Å²) in [6.07, 6.45) is 15.6. The molecule has 17 rings (SSSR count). The van der Waals surface area contributed by atoms with Crippen molar-refractivity contribution in [2.45, 2.75) is 10.8 Å². The first-order chi connectivity index (χ1) is 42.2.